The fraction of sp³-hybridized carbons (Fsp3) is 0.231. The molecule has 0 unspecified atom stereocenters. The van der Waals surface area contributed by atoms with Gasteiger partial charge in [0.2, 0.25) is 10.0 Å². The van der Waals surface area contributed by atoms with E-state index in [1.165, 1.54) is 0 Å². The van der Waals surface area contributed by atoms with Crippen molar-refractivity contribution in [2.45, 2.75) is 19.3 Å². The minimum absolute atomic E-state index is 0.0729. The third kappa shape index (κ3) is 5.44. The van der Waals surface area contributed by atoms with Crippen molar-refractivity contribution in [1.29, 1.82) is 5.26 Å². The molecule has 1 aromatic heterocycles. The summed E-state index contributed by atoms with van der Waals surface area (Å²) in [5, 5.41) is 9.99. The number of hydrogen-bond acceptors (Lipinski definition) is 6. The average Bonchev–Trinajstić information content (AvgIpc) is 3.22. The van der Waals surface area contributed by atoms with Crippen LogP contribution < -0.4 is 9.46 Å². The van der Waals surface area contributed by atoms with Gasteiger partial charge in [0, 0.05) is 5.41 Å². The van der Waals surface area contributed by atoms with Crippen LogP contribution in [0, 0.1) is 11.3 Å². The van der Waals surface area contributed by atoms with Crippen LogP contribution in [0.5, 0.6) is 5.75 Å². The number of ether oxygens (including phenoxy) is 1. The summed E-state index contributed by atoms with van der Waals surface area (Å²) in [5.41, 5.74) is 4.68. The molecule has 0 bridgehead atoms. The summed E-state index contributed by atoms with van der Waals surface area (Å²) in [4.78, 5) is 4.15. The Morgan fingerprint density at radius 1 is 1.08 bits per heavy atom. The van der Waals surface area contributed by atoms with Gasteiger partial charge >= 0.3 is 6.01 Å². The van der Waals surface area contributed by atoms with Crippen LogP contribution in [0.2, 0.25) is 5.02 Å². The summed E-state index contributed by atoms with van der Waals surface area (Å²) in [6.45, 7) is 4.38. The maximum Gasteiger partial charge on any atom is 0.309 e. The predicted molar refractivity (Wildman–Crippen MR) is 142 cm³/mol. The van der Waals surface area contributed by atoms with Crippen LogP contribution in [-0.4, -0.2) is 32.1 Å². The molecule has 0 atom stereocenters. The van der Waals surface area contributed by atoms with Crippen molar-refractivity contribution in [2.24, 2.45) is 0 Å². The van der Waals surface area contributed by atoms with Crippen LogP contribution in [-0.2, 0) is 15.4 Å². The van der Waals surface area contributed by atoms with Gasteiger partial charge in [-0.05, 0) is 46.5 Å². The van der Waals surface area contributed by atoms with Crippen molar-refractivity contribution in [2.75, 3.05) is 23.5 Å². The first-order valence-electron chi connectivity index (χ1n) is 10.9. The number of nitrogens with one attached hydrogen (secondary N) is 1. The quantitative estimate of drug-likeness (QED) is 0.260. The molecule has 3 aromatic carbocycles. The van der Waals surface area contributed by atoms with E-state index in [0.717, 1.165) is 28.5 Å². The highest BCUT2D eigenvalue weighted by molar-refractivity contribution is 7.91. The van der Waals surface area contributed by atoms with Crippen molar-refractivity contribution in [3.63, 3.8) is 0 Å². The predicted octanol–water partition coefficient (Wildman–Crippen LogP) is 6.33. The molecular formula is C26H23Cl2N3O4S. The fourth-order valence-corrected chi connectivity index (χ4v) is 4.63. The van der Waals surface area contributed by atoms with Crippen molar-refractivity contribution in [3.05, 3.63) is 76.3 Å². The molecule has 4 aromatic rings. The molecule has 0 saturated heterocycles. The second-order valence-electron chi connectivity index (χ2n) is 8.76. The number of aromatic nitrogens is 1. The molecule has 0 aliphatic rings. The summed E-state index contributed by atoms with van der Waals surface area (Å²) in [6, 6.07) is 19.2. The third-order valence-corrected chi connectivity index (χ3v) is 6.79. The minimum atomic E-state index is -3.49. The molecule has 0 aliphatic heterocycles. The molecule has 1 N–H and O–H groups in total. The zero-order chi connectivity index (χ0) is 26.1. The first kappa shape index (κ1) is 25.8. The Kier molecular flexibility index (Phi) is 7.19. The number of hydrogen-bond donors (Lipinski definition) is 1. The highest BCUT2D eigenvalue weighted by atomic mass is 35.5. The molecule has 1 heterocycles. The Bertz CT molecular complexity index is 1570. The van der Waals surface area contributed by atoms with Gasteiger partial charge in [-0.3, -0.25) is 0 Å². The topological polar surface area (TPSA) is 105 Å². The van der Waals surface area contributed by atoms with E-state index < -0.39 is 15.4 Å². The lowest BCUT2D eigenvalue weighted by molar-refractivity contribution is 0.341. The lowest BCUT2D eigenvalue weighted by atomic mass is 9.77. The molecule has 0 spiro atoms. The second kappa shape index (κ2) is 10.0. The molecule has 4 rings (SSSR count). The number of benzene rings is 3. The van der Waals surface area contributed by atoms with Gasteiger partial charge < -0.3 is 9.15 Å². The van der Waals surface area contributed by atoms with Gasteiger partial charge in [0.05, 0.1) is 22.7 Å². The number of sulfonamides is 1. The summed E-state index contributed by atoms with van der Waals surface area (Å²) in [7, 11) is -3.49. The van der Waals surface area contributed by atoms with Crippen LogP contribution in [0.3, 0.4) is 0 Å². The number of nitrogens with zero attached hydrogens (tertiary/aromatic N) is 2. The summed E-state index contributed by atoms with van der Waals surface area (Å²) in [6.07, 6.45) is 1.04. The zero-order valence-electron chi connectivity index (χ0n) is 19.8. The van der Waals surface area contributed by atoms with E-state index in [1.807, 2.05) is 42.5 Å². The largest absolute Gasteiger partial charge is 0.489 e. The smallest absolute Gasteiger partial charge is 0.309 e. The number of halogens is 2. The van der Waals surface area contributed by atoms with Gasteiger partial charge in [-0.15, -0.1) is 11.6 Å². The Morgan fingerprint density at radius 2 is 1.78 bits per heavy atom. The number of oxazole rings is 1. The molecule has 36 heavy (non-hydrogen) atoms. The fourth-order valence-electron chi connectivity index (χ4n) is 3.88. The number of nitriles is 1. The van der Waals surface area contributed by atoms with Crippen LogP contribution in [0.15, 0.2) is 59.0 Å². The van der Waals surface area contributed by atoms with Crippen molar-refractivity contribution >= 4 is 50.3 Å². The summed E-state index contributed by atoms with van der Waals surface area (Å²) >= 11 is 12.2. The monoisotopic (exact) mass is 543 g/mol. The van der Waals surface area contributed by atoms with Crippen molar-refractivity contribution in [1.82, 2.24) is 4.98 Å². The maximum absolute atomic E-state index is 11.4. The van der Waals surface area contributed by atoms with E-state index in [0.29, 0.717) is 33.3 Å². The van der Waals surface area contributed by atoms with Gasteiger partial charge in [-0.25, -0.2) is 13.1 Å². The van der Waals surface area contributed by atoms with E-state index in [-0.39, 0.29) is 12.6 Å². The Morgan fingerprint density at radius 3 is 2.42 bits per heavy atom. The summed E-state index contributed by atoms with van der Waals surface area (Å²) < 4.78 is 36.3. The number of anilines is 1. The van der Waals surface area contributed by atoms with E-state index >= 15 is 0 Å². The molecular weight excluding hydrogens is 521 g/mol. The maximum atomic E-state index is 11.4. The van der Waals surface area contributed by atoms with Gasteiger partial charge in [0.1, 0.15) is 18.2 Å². The molecule has 0 fully saturated rings. The highest BCUT2D eigenvalue weighted by Gasteiger charge is 2.26. The van der Waals surface area contributed by atoms with E-state index in [2.05, 4.69) is 29.6 Å². The Hall–Kier alpha value is -3.25. The highest BCUT2D eigenvalue weighted by Crippen LogP contribution is 2.39. The molecule has 0 saturated carbocycles. The van der Waals surface area contributed by atoms with Gasteiger partial charge in [-0.2, -0.15) is 10.2 Å². The van der Waals surface area contributed by atoms with E-state index in [9.17, 15) is 13.7 Å². The summed E-state index contributed by atoms with van der Waals surface area (Å²) in [5.74, 6) is 0.635. The number of alkyl halides is 1. The lowest BCUT2D eigenvalue weighted by Gasteiger charge is -2.27. The number of fused-ring (bicyclic) bond motifs is 1. The molecule has 0 amide bonds. The molecule has 10 heteroatoms. The molecule has 7 nitrogen and oxygen atoms in total. The SMILES string of the molecule is CC(C)(c1ccc(-c2ccc3nc(NS(C)(=O)=O)oc3c2)cc1)c1cc(Cl)c(OCCCl)c(C#N)c1. The zero-order valence-corrected chi connectivity index (χ0v) is 22.1. The Labute approximate surface area is 219 Å². The van der Waals surface area contributed by atoms with Crippen molar-refractivity contribution < 1.29 is 17.6 Å². The van der Waals surface area contributed by atoms with E-state index in [4.69, 9.17) is 32.4 Å². The van der Waals surface area contributed by atoms with Gasteiger partial charge in [0.25, 0.3) is 0 Å². The first-order valence-corrected chi connectivity index (χ1v) is 13.7. The number of rotatable bonds is 8. The van der Waals surface area contributed by atoms with Crippen molar-refractivity contribution in [3.8, 4) is 22.9 Å². The molecule has 0 aliphatic carbocycles. The van der Waals surface area contributed by atoms with Crippen LogP contribution in [0.4, 0.5) is 6.01 Å². The van der Waals surface area contributed by atoms with Gasteiger partial charge in [0.15, 0.2) is 11.3 Å². The molecule has 186 valence electrons. The van der Waals surface area contributed by atoms with Crippen LogP contribution in [0.1, 0.15) is 30.5 Å². The standard InChI is InChI=1S/C26H23Cl2N3O4S/c1-26(2,20-12-18(15-29)24(21(28)14-20)34-11-10-27)19-7-4-16(5-8-19)17-6-9-22-23(13-17)35-25(30-22)31-36(3,32)33/h4-9,12-14H,10-11H2,1-3H3,(H,30,31). The average molecular weight is 544 g/mol. The third-order valence-electron chi connectivity index (χ3n) is 5.81. The van der Waals surface area contributed by atoms with Gasteiger partial charge in [-0.1, -0.05) is 55.8 Å². The first-order chi connectivity index (χ1) is 17.0. The lowest BCUT2D eigenvalue weighted by Crippen LogP contribution is -2.19. The Balaban J connectivity index is 1.63. The second-order valence-corrected chi connectivity index (χ2v) is 11.3. The van der Waals surface area contributed by atoms with E-state index in [1.54, 1.807) is 12.1 Å². The van der Waals surface area contributed by atoms with Crippen LogP contribution >= 0.6 is 23.2 Å². The normalized spacial score (nSPS) is 11.9. The van der Waals surface area contributed by atoms with Crippen LogP contribution in [0.25, 0.3) is 22.2 Å². The minimum Gasteiger partial charge on any atom is -0.489 e. The molecule has 0 radical (unpaired) electrons.